The second kappa shape index (κ2) is 6.71. The van der Waals surface area contributed by atoms with Crippen molar-refractivity contribution in [2.24, 2.45) is 0 Å². The van der Waals surface area contributed by atoms with Crippen molar-refractivity contribution < 1.29 is 5.11 Å². The standard InChI is InChI=1S/C12H21N3OS/c1-4-13-11-7-10(5-6-14-11)15-8-12(2,16)9-17-3/h5-7,16H,4,8-9H2,1-3H3,(H2,13,14,15). The molecule has 17 heavy (non-hydrogen) atoms. The Morgan fingerprint density at radius 1 is 1.47 bits per heavy atom. The van der Waals surface area contributed by atoms with E-state index in [0.717, 1.165) is 18.1 Å². The molecule has 0 saturated heterocycles. The average molecular weight is 255 g/mol. The maximum absolute atomic E-state index is 10.0. The molecule has 1 atom stereocenters. The molecule has 4 nitrogen and oxygen atoms in total. The number of thioether (sulfide) groups is 1. The zero-order valence-corrected chi connectivity index (χ0v) is 11.5. The van der Waals surface area contributed by atoms with E-state index in [1.54, 1.807) is 18.0 Å². The molecular weight excluding hydrogens is 234 g/mol. The predicted octanol–water partition coefficient (Wildman–Crippen LogP) is 2.04. The van der Waals surface area contributed by atoms with Gasteiger partial charge in [0.05, 0.1) is 5.60 Å². The van der Waals surface area contributed by atoms with Gasteiger partial charge in [0, 0.05) is 36.8 Å². The minimum absolute atomic E-state index is 0.531. The fraction of sp³-hybridized carbons (Fsp3) is 0.583. The first-order chi connectivity index (χ1) is 8.07. The number of aromatic nitrogens is 1. The molecule has 1 unspecified atom stereocenters. The molecule has 0 saturated carbocycles. The van der Waals surface area contributed by atoms with Gasteiger partial charge in [-0.15, -0.1) is 0 Å². The summed E-state index contributed by atoms with van der Waals surface area (Å²) in [6, 6.07) is 3.84. The lowest BCUT2D eigenvalue weighted by atomic mass is 10.1. The normalized spacial score (nSPS) is 14.1. The molecule has 1 aromatic heterocycles. The van der Waals surface area contributed by atoms with Gasteiger partial charge in [0.25, 0.3) is 0 Å². The summed E-state index contributed by atoms with van der Waals surface area (Å²) in [6.07, 6.45) is 3.74. The Balaban J connectivity index is 2.53. The molecule has 0 bridgehead atoms. The lowest BCUT2D eigenvalue weighted by molar-refractivity contribution is 0.0997. The highest BCUT2D eigenvalue weighted by Crippen LogP contribution is 2.15. The second-order valence-corrected chi connectivity index (χ2v) is 5.11. The van der Waals surface area contributed by atoms with Crippen LogP contribution in [0.2, 0.25) is 0 Å². The van der Waals surface area contributed by atoms with Crippen molar-refractivity contribution in [3.63, 3.8) is 0 Å². The number of nitrogens with zero attached hydrogens (tertiary/aromatic N) is 1. The van der Waals surface area contributed by atoms with Crippen molar-refractivity contribution in [1.82, 2.24) is 4.98 Å². The Hall–Kier alpha value is -0.940. The summed E-state index contributed by atoms with van der Waals surface area (Å²) < 4.78 is 0. The molecule has 1 heterocycles. The molecule has 0 aliphatic rings. The number of pyridine rings is 1. The maximum Gasteiger partial charge on any atom is 0.127 e. The average Bonchev–Trinajstić information content (AvgIpc) is 2.28. The van der Waals surface area contributed by atoms with Gasteiger partial charge in [0.2, 0.25) is 0 Å². The van der Waals surface area contributed by atoms with Gasteiger partial charge >= 0.3 is 0 Å². The van der Waals surface area contributed by atoms with Crippen molar-refractivity contribution in [2.45, 2.75) is 19.4 Å². The quantitative estimate of drug-likeness (QED) is 0.696. The number of aliphatic hydroxyl groups is 1. The molecule has 0 spiro atoms. The molecule has 5 heteroatoms. The highest BCUT2D eigenvalue weighted by Gasteiger charge is 2.18. The summed E-state index contributed by atoms with van der Waals surface area (Å²) in [5, 5.41) is 16.4. The van der Waals surface area contributed by atoms with Crippen LogP contribution >= 0.6 is 11.8 Å². The number of rotatable bonds is 7. The minimum Gasteiger partial charge on any atom is -0.387 e. The van der Waals surface area contributed by atoms with Crippen LogP contribution in [0.1, 0.15) is 13.8 Å². The second-order valence-electron chi connectivity index (χ2n) is 4.24. The predicted molar refractivity (Wildman–Crippen MR) is 75.9 cm³/mol. The first-order valence-electron chi connectivity index (χ1n) is 5.72. The van der Waals surface area contributed by atoms with Gasteiger partial charge < -0.3 is 15.7 Å². The van der Waals surface area contributed by atoms with Gasteiger partial charge in [-0.1, -0.05) is 0 Å². The van der Waals surface area contributed by atoms with Crippen LogP contribution in [-0.4, -0.2) is 40.8 Å². The Morgan fingerprint density at radius 2 is 2.24 bits per heavy atom. The summed E-state index contributed by atoms with van der Waals surface area (Å²) in [7, 11) is 0. The molecule has 0 amide bonds. The molecular formula is C12H21N3OS. The van der Waals surface area contributed by atoms with Gasteiger partial charge in [0.1, 0.15) is 5.82 Å². The fourth-order valence-electron chi connectivity index (χ4n) is 1.47. The number of hydrogen-bond acceptors (Lipinski definition) is 5. The van der Waals surface area contributed by atoms with Crippen LogP contribution < -0.4 is 10.6 Å². The van der Waals surface area contributed by atoms with Crippen molar-refractivity contribution in [3.8, 4) is 0 Å². The third kappa shape index (κ3) is 5.28. The van der Waals surface area contributed by atoms with E-state index >= 15 is 0 Å². The topological polar surface area (TPSA) is 57.2 Å². The van der Waals surface area contributed by atoms with Crippen LogP contribution in [0.25, 0.3) is 0 Å². The van der Waals surface area contributed by atoms with E-state index in [-0.39, 0.29) is 0 Å². The van der Waals surface area contributed by atoms with Crippen LogP contribution in [0.4, 0.5) is 11.5 Å². The number of hydrogen-bond donors (Lipinski definition) is 3. The molecule has 0 aromatic carbocycles. The largest absolute Gasteiger partial charge is 0.387 e. The van der Waals surface area contributed by atoms with E-state index in [1.165, 1.54) is 0 Å². The van der Waals surface area contributed by atoms with Gasteiger partial charge in [0.15, 0.2) is 0 Å². The molecule has 0 radical (unpaired) electrons. The summed E-state index contributed by atoms with van der Waals surface area (Å²) in [4.78, 5) is 4.19. The Labute approximate surface area is 107 Å². The van der Waals surface area contributed by atoms with E-state index in [2.05, 4.69) is 15.6 Å². The smallest absolute Gasteiger partial charge is 0.127 e. The summed E-state index contributed by atoms with van der Waals surface area (Å²) >= 11 is 1.64. The number of anilines is 2. The monoisotopic (exact) mass is 255 g/mol. The van der Waals surface area contributed by atoms with Crippen molar-refractivity contribution >= 4 is 23.3 Å². The fourth-order valence-corrected chi connectivity index (χ4v) is 2.20. The van der Waals surface area contributed by atoms with E-state index in [0.29, 0.717) is 12.3 Å². The molecule has 0 aliphatic carbocycles. The first kappa shape index (κ1) is 14.1. The van der Waals surface area contributed by atoms with E-state index in [9.17, 15) is 5.11 Å². The van der Waals surface area contributed by atoms with Gasteiger partial charge in [-0.2, -0.15) is 11.8 Å². The van der Waals surface area contributed by atoms with E-state index in [1.807, 2.05) is 32.2 Å². The van der Waals surface area contributed by atoms with E-state index in [4.69, 9.17) is 0 Å². The van der Waals surface area contributed by atoms with Gasteiger partial charge in [-0.05, 0) is 26.2 Å². The Kier molecular flexibility index (Phi) is 5.58. The Bertz CT molecular complexity index is 344. The van der Waals surface area contributed by atoms with Crippen LogP contribution in [0.15, 0.2) is 18.3 Å². The molecule has 96 valence electrons. The first-order valence-corrected chi connectivity index (χ1v) is 7.12. The Morgan fingerprint density at radius 3 is 2.88 bits per heavy atom. The molecule has 1 rings (SSSR count). The highest BCUT2D eigenvalue weighted by atomic mass is 32.2. The third-order valence-electron chi connectivity index (χ3n) is 2.25. The minimum atomic E-state index is -0.693. The zero-order valence-electron chi connectivity index (χ0n) is 10.7. The summed E-state index contributed by atoms with van der Waals surface area (Å²) in [6.45, 7) is 5.25. The highest BCUT2D eigenvalue weighted by molar-refractivity contribution is 7.98. The van der Waals surface area contributed by atoms with Crippen LogP contribution in [0.5, 0.6) is 0 Å². The zero-order chi connectivity index (χ0) is 12.7. The van der Waals surface area contributed by atoms with Crippen LogP contribution in [-0.2, 0) is 0 Å². The summed E-state index contributed by atoms with van der Waals surface area (Å²) in [5.74, 6) is 1.56. The van der Waals surface area contributed by atoms with Gasteiger partial charge in [-0.3, -0.25) is 0 Å². The van der Waals surface area contributed by atoms with Gasteiger partial charge in [-0.25, -0.2) is 4.98 Å². The SMILES string of the molecule is CCNc1cc(NCC(C)(O)CSC)ccn1. The molecule has 0 fully saturated rings. The number of nitrogens with one attached hydrogen (secondary N) is 2. The van der Waals surface area contributed by atoms with E-state index < -0.39 is 5.60 Å². The van der Waals surface area contributed by atoms with Crippen LogP contribution in [0.3, 0.4) is 0 Å². The van der Waals surface area contributed by atoms with Crippen molar-refractivity contribution in [3.05, 3.63) is 18.3 Å². The molecule has 3 N–H and O–H groups in total. The molecule has 1 aromatic rings. The van der Waals surface area contributed by atoms with Crippen LogP contribution in [0, 0.1) is 0 Å². The molecule has 0 aliphatic heterocycles. The lowest BCUT2D eigenvalue weighted by Gasteiger charge is -2.23. The lowest BCUT2D eigenvalue weighted by Crippen LogP contribution is -2.36. The summed E-state index contributed by atoms with van der Waals surface area (Å²) in [5.41, 5.74) is 0.276. The van der Waals surface area contributed by atoms with Crippen molar-refractivity contribution in [1.29, 1.82) is 0 Å². The third-order valence-corrected chi connectivity index (χ3v) is 3.16. The maximum atomic E-state index is 10.0. The van der Waals surface area contributed by atoms with Crippen molar-refractivity contribution in [2.75, 3.05) is 35.7 Å².